The number of esters is 1. The molecule has 2 rings (SSSR count). The summed E-state index contributed by atoms with van der Waals surface area (Å²) in [5.74, 6) is 0.728. The van der Waals surface area contributed by atoms with Crippen molar-refractivity contribution in [2.24, 2.45) is 0 Å². The molecular formula is C13H15NO3. The highest BCUT2D eigenvalue weighted by molar-refractivity contribution is 5.90. The van der Waals surface area contributed by atoms with E-state index in [4.69, 9.17) is 9.47 Å². The van der Waals surface area contributed by atoms with Gasteiger partial charge < -0.3 is 14.8 Å². The van der Waals surface area contributed by atoms with Crippen LogP contribution in [0.15, 0.2) is 35.9 Å². The quantitative estimate of drug-likeness (QED) is 0.635. The molecular weight excluding hydrogens is 218 g/mol. The van der Waals surface area contributed by atoms with Crippen LogP contribution in [0, 0.1) is 0 Å². The zero-order chi connectivity index (χ0) is 12.1. The standard InChI is InChI=1S/C13H15NO3/c1-16-11-4-2-3-5-12(11)17-13(15)10-6-8-14-9-7-10/h2-6,14H,7-9H2,1H3. The molecule has 1 heterocycles. The van der Waals surface area contributed by atoms with Gasteiger partial charge in [0.1, 0.15) is 0 Å². The lowest BCUT2D eigenvalue weighted by molar-refractivity contribution is -0.130. The van der Waals surface area contributed by atoms with Gasteiger partial charge in [-0.25, -0.2) is 4.79 Å². The number of ether oxygens (including phenoxy) is 2. The van der Waals surface area contributed by atoms with Crippen molar-refractivity contribution in [2.45, 2.75) is 6.42 Å². The number of carbonyl (C=O) groups excluding carboxylic acids is 1. The highest BCUT2D eigenvalue weighted by atomic mass is 16.6. The highest BCUT2D eigenvalue weighted by Crippen LogP contribution is 2.26. The summed E-state index contributed by atoms with van der Waals surface area (Å²) in [6, 6.07) is 7.12. The highest BCUT2D eigenvalue weighted by Gasteiger charge is 2.15. The molecule has 90 valence electrons. The summed E-state index contributed by atoms with van der Waals surface area (Å²) in [6.07, 6.45) is 2.56. The van der Waals surface area contributed by atoms with Gasteiger partial charge in [0.2, 0.25) is 0 Å². The average molecular weight is 233 g/mol. The molecule has 0 saturated heterocycles. The van der Waals surface area contributed by atoms with Crippen LogP contribution in [0.2, 0.25) is 0 Å². The molecule has 1 aliphatic heterocycles. The van der Waals surface area contributed by atoms with E-state index in [9.17, 15) is 4.79 Å². The van der Waals surface area contributed by atoms with Gasteiger partial charge in [-0.2, -0.15) is 0 Å². The van der Waals surface area contributed by atoms with E-state index in [1.165, 1.54) is 0 Å². The molecule has 4 nitrogen and oxygen atoms in total. The van der Waals surface area contributed by atoms with Gasteiger partial charge in [0.05, 0.1) is 7.11 Å². The molecule has 0 saturated carbocycles. The van der Waals surface area contributed by atoms with Gasteiger partial charge in [-0.05, 0) is 25.1 Å². The van der Waals surface area contributed by atoms with E-state index >= 15 is 0 Å². The van der Waals surface area contributed by atoms with E-state index in [0.29, 0.717) is 17.9 Å². The first-order valence-corrected chi connectivity index (χ1v) is 5.56. The molecule has 0 atom stereocenters. The molecule has 1 aliphatic rings. The SMILES string of the molecule is COc1ccccc1OC(=O)C1=CCNCC1. The van der Waals surface area contributed by atoms with Crippen molar-refractivity contribution < 1.29 is 14.3 Å². The summed E-state index contributed by atoms with van der Waals surface area (Å²) < 4.78 is 10.4. The summed E-state index contributed by atoms with van der Waals surface area (Å²) in [6.45, 7) is 1.53. The normalized spacial score (nSPS) is 15.0. The second-order valence-corrected chi connectivity index (χ2v) is 3.72. The molecule has 0 bridgehead atoms. The lowest BCUT2D eigenvalue weighted by Gasteiger charge is -2.14. The minimum atomic E-state index is -0.295. The zero-order valence-corrected chi connectivity index (χ0v) is 9.73. The van der Waals surface area contributed by atoms with Crippen molar-refractivity contribution in [3.05, 3.63) is 35.9 Å². The van der Waals surface area contributed by atoms with Crippen LogP contribution in [0.3, 0.4) is 0 Å². The lowest BCUT2D eigenvalue weighted by atomic mass is 10.1. The summed E-state index contributed by atoms with van der Waals surface area (Å²) >= 11 is 0. The molecule has 0 amide bonds. The van der Waals surface area contributed by atoms with Gasteiger partial charge in [0, 0.05) is 12.1 Å². The Labute approximate surface area is 100 Å². The number of hydrogen-bond donors (Lipinski definition) is 1. The Kier molecular flexibility index (Phi) is 3.77. The Hall–Kier alpha value is -1.81. The van der Waals surface area contributed by atoms with E-state index in [-0.39, 0.29) is 5.97 Å². The first-order valence-electron chi connectivity index (χ1n) is 5.56. The number of benzene rings is 1. The number of rotatable bonds is 3. The number of carbonyl (C=O) groups is 1. The third-order valence-corrected chi connectivity index (χ3v) is 2.60. The average Bonchev–Trinajstić information content (AvgIpc) is 2.40. The molecule has 1 N–H and O–H groups in total. The summed E-state index contributed by atoms with van der Waals surface area (Å²) in [5, 5.41) is 3.15. The van der Waals surface area contributed by atoms with Crippen LogP contribution >= 0.6 is 0 Å². The molecule has 1 aromatic rings. The van der Waals surface area contributed by atoms with Crippen molar-refractivity contribution >= 4 is 5.97 Å². The van der Waals surface area contributed by atoms with Crippen molar-refractivity contribution in [1.29, 1.82) is 0 Å². The summed E-state index contributed by atoms with van der Waals surface area (Å²) in [4.78, 5) is 11.9. The number of methoxy groups -OCH3 is 1. The fourth-order valence-electron chi connectivity index (χ4n) is 1.68. The number of nitrogens with one attached hydrogen (secondary N) is 1. The molecule has 0 aromatic heterocycles. The van der Waals surface area contributed by atoms with E-state index in [1.807, 2.05) is 18.2 Å². The van der Waals surface area contributed by atoms with Crippen LogP contribution in [0.25, 0.3) is 0 Å². The van der Waals surface area contributed by atoms with Gasteiger partial charge in [-0.15, -0.1) is 0 Å². The van der Waals surface area contributed by atoms with Crippen LogP contribution in [0.1, 0.15) is 6.42 Å². The van der Waals surface area contributed by atoms with E-state index in [1.54, 1.807) is 19.2 Å². The molecule has 17 heavy (non-hydrogen) atoms. The summed E-state index contributed by atoms with van der Waals surface area (Å²) in [5.41, 5.74) is 0.717. The minimum Gasteiger partial charge on any atom is -0.493 e. The predicted molar refractivity (Wildman–Crippen MR) is 64.2 cm³/mol. The zero-order valence-electron chi connectivity index (χ0n) is 9.73. The largest absolute Gasteiger partial charge is 0.493 e. The van der Waals surface area contributed by atoms with Crippen LogP contribution in [-0.4, -0.2) is 26.2 Å². The Bertz CT molecular complexity index is 440. The van der Waals surface area contributed by atoms with Gasteiger partial charge in [-0.1, -0.05) is 18.2 Å². The Morgan fingerprint density at radius 2 is 2.06 bits per heavy atom. The maximum Gasteiger partial charge on any atom is 0.339 e. The summed E-state index contributed by atoms with van der Waals surface area (Å²) in [7, 11) is 1.55. The monoisotopic (exact) mass is 233 g/mol. The van der Waals surface area contributed by atoms with Crippen molar-refractivity contribution in [1.82, 2.24) is 5.32 Å². The smallest absolute Gasteiger partial charge is 0.339 e. The van der Waals surface area contributed by atoms with E-state index < -0.39 is 0 Å². The Balaban J connectivity index is 2.09. The maximum absolute atomic E-state index is 11.9. The maximum atomic E-state index is 11.9. The second-order valence-electron chi connectivity index (χ2n) is 3.72. The van der Waals surface area contributed by atoms with Crippen molar-refractivity contribution in [3.63, 3.8) is 0 Å². The van der Waals surface area contributed by atoms with Crippen molar-refractivity contribution in [2.75, 3.05) is 20.2 Å². The van der Waals surface area contributed by atoms with Crippen LogP contribution in [0.4, 0.5) is 0 Å². The van der Waals surface area contributed by atoms with E-state index in [2.05, 4.69) is 5.32 Å². The van der Waals surface area contributed by atoms with Crippen LogP contribution in [0.5, 0.6) is 11.5 Å². The molecule has 0 radical (unpaired) electrons. The molecule has 0 spiro atoms. The predicted octanol–water partition coefficient (Wildman–Crippen LogP) is 1.52. The molecule has 0 aliphatic carbocycles. The first kappa shape index (κ1) is 11.7. The Morgan fingerprint density at radius 3 is 2.71 bits per heavy atom. The van der Waals surface area contributed by atoms with Gasteiger partial charge >= 0.3 is 5.97 Å². The van der Waals surface area contributed by atoms with Crippen LogP contribution < -0.4 is 14.8 Å². The third kappa shape index (κ3) is 2.85. The first-order chi connectivity index (χ1) is 8.31. The van der Waals surface area contributed by atoms with Gasteiger partial charge in [-0.3, -0.25) is 0 Å². The Morgan fingerprint density at radius 1 is 1.29 bits per heavy atom. The minimum absolute atomic E-state index is 0.295. The molecule has 0 unspecified atom stereocenters. The topological polar surface area (TPSA) is 47.6 Å². The lowest BCUT2D eigenvalue weighted by Crippen LogP contribution is -2.25. The molecule has 0 fully saturated rings. The molecule has 4 heteroatoms. The molecule has 1 aromatic carbocycles. The third-order valence-electron chi connectivity index (χ3n) is 2.60. The second kappa shape index (κ2) is 5.50. The fourth-order valence-corrected chi connectivity index (χ4v) is 1.68. The van der Waals surface area contributed by atoms with Gasteiger partial charge in [0.15, 0.2) is 11.5 Å². The van der Waals surface area contributed by atoms with Gasteiger partial charge in [0.25, 0.3) is 0 Å². The number of para-hydroxylation sites is 2. The van der Waals surface area contributed by atoms with E-state index in [0.717, 1.165) is 18.7 Å². The fraction of sp³-hybridized carbons (Fsp3) is 0.308. The van der Waals surface area contributed by atoms with Crippen molar-refractivity contribution in [3.8, 4) is 11.5 Å². The van der Waals surface area contributed by atoms with Crippen LogP contribution in [-0.2, 0) is 4.79 Å². The number of hydrogen-bond acceptors (Lipinski definition) is 4.